The van der Waals surface area contributed by atoms with E-state index in [4.69, 9.17) is 14.2 Å². The Balaban J connectivity index is 4.34. The number of ether oxygens (including phenoxy) is 3. The molecular weight excluding hydrogens is 1020 g/mol. The van der Waals surface area contributed by atoms with E-state index in [1.165, 1.54) is 186 Å². The predicted octanol–water partition coefficient (Wildman–Crippen LogP) is 24.3. The SMILES string of the molecule is CC/C=C\C/C=C\C/C=C\C/C=C\C/C=C\CC(=O)OCC(COC(=O)CCCCCCCCCCCCCCCCCCC/C=C\CCCCCCCCCC)OC(=O)CCCCCCCCCC/C=C\C/C=C\C/C=C\C/C=C\CC. The summed E-state index contributed by atoms with van der Waals surface area (Å²) >= 11 is 0. The molecule has 1 atom stereocenters. The average molecular weight is 1150 g/mol. The van der Waals surface area contributed by atoms with E-state index < -0.39 is 12.1 Å². The van der Waals surface area contributed by atoms with Crippen LogP contribution in [0.5, 0.6) is 0 Å². The molecule has 6 nitrogen and oxygen atoms in total. The monoisotopic (exact) mass is 1150 g/mol. The summed E-state index contributed by atoms with van der Waals surface area (Å²) in [5.41, 5.74) is 0. The molecule has 0 aromatic rings. The van der Waals surface area contributed by atoms with E-state index in [1.54, 1.807) is 6.08 Å². The van der Waals surface area contributed by atoms with Gasteiger partial charge in [0, 0.05) is 12.8 Å². The first-order valence-corrected chi connectivity index (χ1v) is 35.0. The number of hydrogen-bond donors (Lipinski definition) is 0. The maximum Gasteiger partial charge on any atom is 0.309 e. The van der Waals surface area contributed by atoms with Crippen molar-refractivity contribution < 1.29 is 28.6 Å². The van der Waals surface area contributed by atoms with Gasteiger partial charge in [-0.1, -0.05) is 322 Å². The minimum absolute atomic E-state index is 0.112. The van der Waals surface area contributed by atoms with Gasteiger partial charge >= 0.3 is 17.9 Å². The van der Waals surface area contributed by atoms with Gasteiger partial charge in [-0.2, -0.15) is 0 Å². The first kappa shape index (κ1) is 78.8. The van der Waals surface area contributed by atoms with Crippen LogP contribution in [-0.4, -0.2) is 37.2 Å². The maximum atomic E-state index is 12.9. The number of hydrogen-bond acceptors (Lipinski definition) is 6. The van der Waals surface area contributed by atoms with E-state index in [1.807, 2.05) is 6.08 Å². The lowest BCUT2D eigenvalue weighted by Crippen LogP contribution is -2.30. The van der Waals surface area contributed by atoms with Crippen LogP contribution >= 0.6 is 0 Å². The maximum absolute atomic E-state index is 12.9. The molecule has 0 N–H and O–H groups in total. The molecule has 1 unspecified atom stereocenters. The van der Waals surface area contributed by atoms with Gasteiger partial charge in [-0.25, -0.2) is 0 Å². The lowest BCUT2D eigenvalue weighted by atomic mass is 10.0. The van der Waals surface area contributed by atoms with Crippen molar-refractivity contribution in [3.8, 4) is 0 Å². The van der Waals surface area contributed by atoms with Crippen LogP contribution < -0.4 is 0 Å². The molecule has 0 bridgehead atoms. The highest BCUT2D eigenvalue weighted by molar-refractivity contribution is 5.72. The molecule has 0 aliphatic carbocycles. The molecule has 0 rings (SSSR count). The molecule has 0 fully saturated rings. The van der Waals surface area contributed by atoms with Crippen LogP contribution in [0.4, 0.5) is 0 Å². The molecular formula is C77H130O6. The van der Waals surface area contributed by atoms with Gasteiger partial charge in [-0.3, -0.25) is 14.4 Å². The van der Waals surface area contributed by atoms with Crippen molar-refractivity contribution in [2.75, 3.05) is 13.2 Å². The molecule has 474 valence electrons. The van der Waals surface area contributed by atoms with Crippen LogP contribution in [0, 0.1) is 0 Å². The first-order valence-electron chi connectivity index (χ1n) is 35.0. The van der Waals surface area contributed by atoms with Crippen molar-refractivity contribution in [3.05, 3.63) is 122 Å². The normalized spacial score (nSPS) is 12.9. The third kappa shape index (κ3) is 68.5. The van der Waals surface area contributed by atoms with Gasteiger partial charge in [0.15, 0.2) is 6.10 Å². The van der Waals surface area contributed by atoms with E-state index in [-0.39, 0.29) is 31.6 Å². The van der Waals surface area contributed by atoms with Crippen LogP contribution in [0.2, 0.25) is 0 Å². The van der Waals surface area contributed by atoms with Crippen molar-refractivity contribution in [3.63, 3.8) is 0 Å². The predicted molar refractivity (Wildman–Crippen MR) is 362 cm³/mol. The second-order valence-electron chi connectivity index (χ2n) is 23.0. The Bertz CT molecular complexity index is 1700. The molecule has 0 aromatic heterocycles. The zero-order chi connectivity index (χ0) is 59.9. The first-order chi connectivity index (χ1) is 41.0. The summed E-state index contributed by atoms with van der Waals surface area (Å²) in [5.74, 6) is -1.04. The molecule has 0 saturated heterocycles. The van der Waals surface area contributed by atoms with Gasteiger partial charge in [-0.15, -0.1) is 0 Å². The Morgan fingerprint density at radius 3 is 0.855 bits per heavy atom. The fourth-order valence-electron chi connectivity index (χ4n) is 9.80. The molecule has 0 aliphatic heterocycles. The molecule has 0 spiro atoms. The van der Waals surface area contributed by atoms with Crippen molar-refractivity contribution in [2.45, 2.75) is 335 Å². The fourth-order valence-corrected chi connectivity index (χ4v) is 9.80. The zero-order valence-electron chi connectivity index (χ0n) is 54.4. The summed E-state index contributed by atoms with van der Waals surface area (Å²) in [4.78, 5) is 38.4. The molecule has 0 radical (unpaired) electrons. The van der Waals surface area contributed by atoms with Crippen molar-refractivity contribution in [1.82, 2.24) is 0 Å². The molecule has 0 aliphatic rings. The molecule has 83 heavy (non-hydrogen) atoms. The van der Waals surface area contributed by atoms with Crippen molar-refractivity contribution in [2.24, 2.45) is 0 Å². The van der Waals surface area contributed by atoms with Gasteiger partial charge < -0.3 is 14.2 Å². The van der Waals surface area contributed by atoms with Gasteiger partial charge in [0.2, 0.25) is 0 Å². The van der Waals surface area contributed by atoms with Crippen LogP contribution in [0.1, 0.15) is 329 Å². The molecule has 0 heterocycles. The molecule has 0 aromatic carbocycles. The number of esters is 3. The summed E-state index contributed by atoms with van der Waals surface area (Å²) in [6.07, 6.45) is 98.3. The number of carbonyl (C=O) groups excluding carboxylic acids is 3. The van der Waals surface area contributed by atoms with Crippen molar-refractivity contribution >= 4 is 17.9 Å². The van der Waals surface area contributed by atoms with Crippen LogP contribution in [-0.2, 0) is 28.6 Å². The Morgan fingerprint density at radius 2 is 0.518 bits per heavy atom. The highest BCUT2D eigenvalue weighted by atomic mass is 16.6. The standard InChI is InChI=1S/C77H130O6/c1-4-7-10-13-16-19-22-25-28-30-32-34-35-36-37-38-39-40-41-43-44-46-49-52-55-58-61-64-67-70-76(79)82-73-74(72-81-75(78)69-66-63-60-57-54-51-48-27-24-21-18-15-12-9-6-3)83-77(80)71-68-65-62-59-56-53-50-47-45-42-33-31-29-26-23-20-17-14-11-8-5-2/h8-9,11-12,17-18,20-21,26-27,29-30,32-33,42,48,54,57,63,66,74H,4-7,10,13-16,19,22-25,28,31,34-41,43-47,49-53,55-56,58-62,64-65,67-73H2,1-3H3/b11-8-,12-9-,20-17-,21-18-,29-26-,32-30-,42-33-,48-27-,57-54-,66-63-. The van der Waals surface area contributed by atoms with Gasteiger partial charge in [0.1, 0.15) is 13.2 Å². The second kappa shape index (κ2) is 70.3. The van der Waals surface area contributed by atoms with Gasteiger partial charge in [0.05, 0.1) is 6.42 Å². The highest BCUT2D eigenvalue weighted by Gasteiger charge is 2.19. The minimum atomic E-state index is -0.827. The van der Waals surface area contributed by atoms with E-state index >= 15 is 0 Å². The third-order valence-corrected chi connectivity index (χ3v) is 15.0. The fraction of sp³-hybridized carbons (Fsp3) is 0.701. The summed E-state index contributed by atoms with van der Waals surface area (Å²) in [6, 6.07) is 0. The van der Waals surface area contributed by atoms with E-state index in [0.29, 0.717) is 12.8 Å². The Morgan fingerprint density at radius 1 is 0.265 bits per heavy atom. The number of carbonyl (C=O) groups is 3. The summed E-state index contributed by atoms with van der Waals surface area (Å²) in [5, 5.41) is 0. The lowest BCUT2D eigenvalue weighted by molar-refractivity contribution is -0.166. The minimum Gasteiger partial charge on any atom is -0.462 e. The Kier molecular flexibility index (Phi) is 66.7. The lowest BCUT2D eigenvalue weighted by Gasteiger charge is -2.18. The number of allylic oxidation sites excluding steroid dienone is 19. The Hall–Kier alpha value is -4.19. The van der Waals surface area contributed by atoms with E-state index in [2.05, 4.69) is 130 Å². The number of rotatable bonds is 63. The zero-order valence-corrected chi connectivity index (χ0v) is 54.4. The smallest absolute Gasteiger partial charge is 0.309 e. The van der Waals surface area contributed by atoms with Crippen LogP contribution in [0.15, 0.2) is 122 Å². The van der Waals surface area contributed by atoms with E-state index in [0.717, 1.165) is 103 Å². The summed E-state index contributed by atoms with van der Waals surface area (Å²) in [7, 11) is 0. The van der Waals surface area contributed by atoms with Crippen LogP contribution in [0.25, 0.3) is 0 Å². The van der Waals surface area contributed by atoms with Crippen LogP contribution in [0.3, 0.4) is 0 Å². The van der Waals surface area contributed by atoms with Gasteiger partial charge in [0.25, 0.3) is 0 Å². The quantitative estimate of drug-likeness (QED) is 0.0261. The summed E-state index contributed by atoms with van der Waals surface area (Å²) in [6.45, 7) is 6.35. The average Bonchev–Trinajstić information content (AvgIpc) is 3.49. The van der Waals surface area contributed by atoms with Gasteiger partial charge in [-0.05, 0) is 109 Å². The largest absolute Gasteiger partial charge is 0.462 e. The van der Waals surface area contributed by atoms with Crippen molar-refractivity contribution in [1.29, 1.82) is 0 Å². The highest BCUT2D eigenvalue weighted by Crippen LogP contribution is 2.17. The Labute approximate surface area is 513 Å². The summed E-state index contributed by atoms with van der Waals surface area (Å²) < 4.78 is 16.9. The topological polar surface area (TPSA) is 78.9 Å². The molecule has 6 heteroatoms. The molecule has 0 amide bonds. The molecule has 0 saturated carbocycles. The van der Waals surface area contributed by atoms with E-state index in [9.17, 15) is 14.4 Å². The third-order valence-electron chi connectivity index (χ3n) is 15.0. The second-order valence-corrected chi connectivity index (χ2v) is 23.0. The number of unbranched alkanes of at least 4 members (excludes halogenated alkanes) is 33.